The van der Waals surface area contributed by atoms with E-state index in [2.05, 4.69) is 14.9 Å². The molecule has 7 heteroatoms. The van der Waals surface area contributed by atoms with Crippen LogP contribution in [0.5, 0.6) is 0 Å². The van der Waals surface area contributed by atoms with Crippen molar-refractivity contribution in [2.75, 3.05) is 13.1 Å². The summed E-state index contributed by atoms with van der Waals surface area (Å²) in [5.74, 6) is 0.784. The molecule has 3 aromatic heterocycles. The van der Waals surface area contributed by atoms with E-state index in [-0.39, 0.29) is 16.9 Å². The minimum absolute atomic E-state index is 0.0373. The third kappa shape index (κ3) is 4.11. The lowest BCUT2D eigenvalue weighted by molar-refractivity contribution is 0.201. The van der Waals surface area contributed by atoms with E-state index in [1.807, 2.05) is 37.3 Å². The van der Waals surface area contributed by atoms with Crippen molar-refractivity contribution >= 4 is 11.0 Å². The SMILES string of the molecule is Cc1ccc2occ(CN3CCC(c4cc(=O)[nH]c(-c5ccncc5)n4)CC3)c(=O)c2c1. The molecule has 0 amide bonds. The largest absolute Gasteiger partial charge is 0.464 e. The second-order valence-electron chi connectivity index (χ2n) is 8.39. The van der Waals surface area contributed by atoms with Gasteiger partial charge in [-0.05, 0) is 57.1 Å². The molecule has 0 unspecified atom stereocenters. The molecule has 0 aliphatic carbocycles. The summed E-state index contributed by atoms with van der Waals surface area (Å²) in [6.45, 7) is 4.19. The van der Waals surface area contributed by atoms with Crippen molar-refractivity contribution in [2.45, 2.75) is 32.2 Å². The fourth-order valence-corrected chi connectivity index (χ4v) is 4.35. The van der Waals surface area contributed by atoms with Crippen LogP contribution in [0.15, 0.2) is 69.1 Å². The number of nitrogens with one attached hydrogen (secondary N) is 1. The lowest BCUT2D eigenvalue weighted by atomic mass is 9.93. The highest BCUT2D eigenvalue weighted by molar-refractivity contribution is 5.77. The highest BCUT2D eigenvalue weighted by atomic mass is 16.3. The molecule has 1 saturated heterocycles. The molecule has 0 spiro atoms. The molecule has 1 N–H and O–H groups in total. The molecular weight excluding hydrogens is 404 g/mol. The van der Waals surface area contributed by atoms with Crippen molar-refractivity contribution in [2.24, 2.45) is 0 Å². The first-order valence-corrected chi connectivity index (χ1v) is 10.8. The Labute approximate surface area is 184 Å². The quantitative estimate of drug-likeness (QED) is 0.534. The van der Waals surface area contributed by atoms with Crippen molar-refractivity contribution in [3.05, 3.63) is 92.5 Å². The fourth-order valence-electron chi connectivity index (χ4n) is 4.35. The summed E-state index contributed by atoms with van der Waals surface area (Å²) in [4.78, 5) is 39.0. The molecule has 1 fully saturated rings. The van der Waals surface area contributed by atoms with Gasteiger partial charge in [0.05, 0.1) is 17.3 Å². The number of rotatable bonds is 4. The zero-order valence-electron chi connectivity index (χ0n) is 17.9. The fraction of sp³-hybridized carbons (Fsp3) is 0.280. The predicted octanol–water partition coefficient (Wildman–Crippen LogP) is 3.63. The lowest BCUT2D eigenvalue weighted by Crippen LogP contribution is -2.34. The van der Waals surface area contributed by atoms with Gasteiger partial charge >= 0.3 is 0 Å². The van der Waals surface area contributed by atoms with Crippen LogP contribution in [0.1, 0.15) is 35.6 Å². The summed E-state index contributed by atoms with van der Waals surface area (Å²) < 4.78 is 5.70. The second-order valence-corrected chi connectivity index (χ2v) is 8.39. The van der Waals surface area contributed by atoms with Crippen molar-refractivity contribution in [3.8, 4) is 11.4 Å². The molecule has 0 atom stereocenters. The first-order chi connectivity index (χ1) is 15.6. The van der Waals surface area contributed by atoms with E-state index in [1.165, 1.54) is 0 Å². The number of hydrogen-bond acceptors (Lipinski definition) is 6. The van der Waals surface area contributed by atoms with Crippen molar-refractivity contribution in [1.82, 2.24) is 19.9 Å². The summed E-state index contributed by atoms with van der Waals surface area (Å²) in [5, 5.41) is 0.633. The maximum atomic E-state index is 12.9. The number of fused-ring (bicyclic) bond motifs is 1. The van der Waals surface area contributed by atoms with Gasteiger partial charge in [-0.1, -0.05) is 11.6 Å². The predicted molar refractivity (Wildman–Crippen MR) is 123 cm³/mol. The minimum atomic E-state index is -0.145. The van der Waals surface area contributed by atoms with Crippen molar-refractivity contribution in [3.63, 3.8) is 0 Å². The molecule has 1 aromatic carbocycles. The van der Waals surface area contributed by atoms with Gasteiger partial charge in [-0.2, -0.15) is 0 Å². The Balaban J connectivity index is 1.30. The number of piperidine rings is 1. The van der Waals surface area contributed by atoms with Gasteiger partial charge in [0, 0.05) is 42.0 Å². The third-order valence-corrected chi connectivity index (χ3v) is 6.11. The zero-order valence-corrected chi connectivity index (χ0v) is 17.9. The third-order valence-electron chi connectivity index (χ3n) is 6.11. The molecule has 5 rings (SSSR count). The first kappa shape index (κ1) is 20.3. The molecule has 4 heterocycles. The molecule has 1 aliphatic heterocycles. The highest BCUT2D eigenvalue weighted by Gasteiger charge is 2.23. The van der Waals surface area contributed by atoms with Crippen LogP contribution < -0.4 is 11.0 Å². The van der Waals surface area contributed by atoms with Crippen LogP contribution in [0.4, 0.5) is 0 Å². The van der Waals surface area contributed by atoms with Crippen LogP contribution in [-0.2, 0) is 6.54 Å². The van der Waals surface area contributed by atoms with E-state index in [4.69, 9.17) is 9.40 Å². The smallest absolute Gasteiger partial charge is 0.251 e. The molecule has 1 aliphatic rings. The number of H-pyrrole nitrogens is 1. The van der Waals surface area contributed by atoms with Gasteiger partial charge in [0.25, 0.3) is 5.56 Å². The average Bonchev–Trinajstić information content (AvgIpc) is 2.82. The average molecular weight is 428 g/mol. The Kier molecular flexibility index (Phi) is 5.41. The highest BCUT2D eigenvalue weighted by Crippen LogP contribution is 2.28. The van der Waals surface area contributed by atoms with Gasteiger partial charge in [0.1, 0.15) is 11.4 Å². The molecule has 0 radical (unpaired) electrons. The monoisotopic (exact) mass is 428 g/mol. The second kappa shape index (κ2) is 8.51. The van der Waals surface area contributed by atoms with Crippen molar-refractivity contribution in [1.29, 1.82) is 0 Å². The van der Waals surface area contributed by atoms with Crippen molar-refractivity contribution < 1.29 is 4.42 Å². The number of nitrogens with zero attached hydrogens (tertiary/aromatic N) is 3. The van der Waals surface area contributed by atoms with Gasteiger partial charge in [-0.25, -0.2) is 4.98 Å². The molecule has 0 bridgehead atoms. The van der Waals surface area contributed by atoms with Crippen LogP contribution in [0.25, 0.3) is 22.4 Å². The number of aromatic amines is 1. The summed E-state index contributed by atoms with van der Waals surface area (Å²) in [7, 11) is 0. The Bertz CT molecular complexity index is 1370. The standard InChI is InChI=1S/C25H24N4O3/c1-16-2-3-22-20(12-16)24(31)19(15-32-22)14-29-10-6-17(7-11-29)21-13-23(30)28-25(27-21)18-4-8-26-9-5-18/h2-5,8-9,12-13,15,17H,6-7,10-11,14H2,1H3,(H,27,28,30). The molecule has 32 heavy (non-hydrogen) atoms. The van der Waals surface area contributed by atoms with Gasteiger partial charge < -0.3 is 9.40 Å². The lowest BCUT2D eigenvalue weighted by Gasteiger charge is -2.31. The number of pyridine rings is 1. The number of benzene rings is 1. The van der Waals surface area contributed by atoms with Crippen LogP contribution in [0, 0.1) is 6.92 Å². The summed E-state index contributed by atoms with van der Waals surface area (Å²) in [5.41, 5.74) is 3.89. The summed E-state index contributed by atoms with van der Waals surface area (Å²) in [6.07, 6.45) is 6.72. The van der Waals surface area contributed by atoms with Gasteiger partial charge in [0.2, 0.25) is 0 Å². The van der Waals surface area contributed by atoms with E-state index < -0.39 is 0 Å². The van der Waals surface area contributed by atoms with E-state index in [0.29, 0.717) is 28.9 Å². The molecule has 4 aromatic rings. The molecule has 7 nitrogen and oxygen atoms in total. The van der Waals surface area contributed by atoms with Crippen LogP contribution in [-0.4, -0.2) is 32.9 Å². The van der Waals surface area contributed by atoms with E-state index in [0.717, 1.165) is 42.8 Å². The molecule has 162 valence electrons. The molecule has 0 saturated carbocycles. The molecular formula is C25H24N4O3. The van der Waals surface area contributed by atoms with E-state index in [9.17, 15) is 9.59 Å². The van der Waals surface area contributed by atoms with Gasteiger partial charge in [-0.15, -0.1) is 0 Å². The maximum absolute atomic E-state index is 12.9. The van der Waals surface area contributed by atoms with Gasteiger partial charge in [0.15, 0.2) is 5.43 Å². The Morgan fingerprint density at radius 2 is 1.88 bits per heavy atom. The Morgan fingerprint density at radius 3 is 2.66 bits per heavy atom. The van der Waals surface area contributed by atoms with Gasteiger partial charge in [-0.3, -0.25) is 19.5 Å². The number of likely N-dealkylation sites (tertiary alicyclic amines) is 1. The first-order valence-electron chi connectivity index (χ1n) is 10.8. The van der Waals surface area contributed by atoms with E-state index >= 15 is 0 Å². The summed E-state index contributed by atoms with van der Waals surface area (Å²) >= 11 is 0. The van der Waals surface area contributed by atoms with E-state index in [1.54, 1.807) is 24.7 Å². The number of aryl methyl sites for hydroxylation is 1. The van der Waals surface area contributed by atoms with Crippen LogP contribution in [0.3, 0.4) is 0 Å². The normalized spacial score (nSPS) is 15.3. The number of aromatic nitrogens is 3. The Morgan fingerprint density at radius 1 is 1.09 bits per heavy atom. The zero-order chi connectivity index (χ0) is 22.1. The summed E-state index contributed by atoms with van der Waals surface area (Å²) in [6, 6.07) is 10.9. The maximum Gasteiger partial charge on any atom is 0.251 e. The van der Waals surface area contributed by atoms with Crippen LogP contribution in [0.2, 0.25) is 0 Å². The topological polar surface area (TPSA) is 92.1 Å². The van der Waals surface area contributed by atoms with Crippen LogP contribution >= 0.6 is 0 Å². The Hall–Kier alpha value is -3.58. The number of hydrogen-bond donors (Lipinski definition) is 1. The minimum Gasteiger partial charge on any atom is -0.464 e.